The standard InChI is InChI=1S/C9H12BNO5/c1-6-4-16-10(14)7(6)3-8(11-2)15-5-9(12)13/h3,14H,2,4-5H2,1H3,(H,12,13)/b8-3+. The van der Waals surface area contributed by atoms with Crippen LogP contribution in [-0.2, 0) is 14.2 Å². The van der Waals surface area contributed by atoms with Gasteiger partial charge in [-0.3, -0.25) is 0 Å². The first kappa shape index (κ1) is 12.5. The summed E-state index contributed by atoms with van der Waals surface area (Å²) >= 11 is 0. The molecule has 0 aromatic heterocycles. The van der Waals surface area contributed by atoms with Crippen molar-refractivity contribution in [1.82, 2.24) is 0 Å². The minimum Gasteiger partial charge on any atom is -0.479 e. The quantitative estimate of drug-likeness (QED) is 0.390. The van der Waals surface area contributed by atoms with Gasteiger partial charge in [0.15, 0.2) is 6.61 Å². The van der Waals surface area contributed by atoms with Gasteiger partial charge in [0.1, 0.15) is 0 Å². The number of carboxylic acids is 1. The maximum absolute atomic E-state index is 10.3. The molecule has 0 fully saturated rings. The van der Waals surface area contributed by atoms with Crippen LogP contribution < -0.4 is 0 Å². The van der Waals surface area contributed by atoms with E-state index < -0.39 is 19.7 Å². The lowest BCUT2D eigenvalue weighted by atomic mass is 9.78. The Kier molecular flexibility index (Phi) is 4.27. The van der Waals surface area contributed by atoms with E-state index in [9.17, 15) is 9.82 Å². The molecule has 0 amide bonds. The molecule has 0 aliphatic carbocycles. The molecule has 2 N–H and O–H groups in total. The second-order valence-electron chi connectivity index (χ2n) is 3.22. The van der Waals surface area contributed by atoms with Gasteiger partial charge in [-0.15, -0.1) is 0 Å². The second-order valence-corrected chi connectivity index (χ2v) is 3.22. The lowest BCUT2D eigenvalue weighted by Crippen LogP contribution is -2.14. The number of aliphatic imine (C=N–C) groups is 1. The number of nitrogens with zero attached hydrogens (tertiary/aromatic N) is 1. The molecule has 0 aromatic rings. The molecule has 6 nitrogen and oxygen atoms in total. The van der Waals surface area contributed by atoms with Crippen LogP contribution in [0.3, 0.4) is 0 Å². The fourth-order valence-electron chi connectivity index (χ4n) is 1.18. The van der Waals surface area contributed by atoms with E-state index in [1.807, 2.05) is 0 Å². The zero-order valence-electron chi connectivity index (χ0n) is 8.84. The van der Waals surface area contributed by atoms with Gasteiger partial charge < -0.3 is 19.5 Å². The summed E-state index contributed by atoms with van der Waals surface area (Å²) in [6.45, 7) is 4.87. The third-order valence-corrected chi connectivity index (χ3v) is 1.99. The summed E-state index contributed by atoms with van der Waals surface area (Å²) in [5, 5.41) is 17.8. The van der Waals surface area contributed by atoms with Crippen molar-refractivity contribution in [2.45, 2.75) is 6.92 Å². The molecule has 16 heavy (non-hydrogen) atoms. The minimum atomic E-state index is -1.11. The highest BCUT2D eigenvalue weighted by Gasteiger charge is 2.27. The maximum atomic E-state index is 10.3. The zero-order chi connectivity index (χ0) is 12.1. The molecule has 7 heteroatoms. The van der Waals surface area contributed by atoms with Crippen LogP contribution in [0.1, 0.15) is 6.92 Å². The van der Waals surface area contributed by atoms with Crippen molar-refractivity contribution in [2.24, 2.45) is 4.99 Å². The van der Waals surface area contributed by atoms with Crippen LogP contribution in [-0.4, -0.2) is 43.1 Å². The first-order chi connectivity index (χ1) is 7.54. The van der Waals surface area contributed by atoms with E-state index in [4.69, 9.17) is 14.5 Å². The summed E-state index contributed by atoms with van der Waals surface area (Å²) in [6.07, 6.45) is 1.42. The Bertz CT molecular complexity index is 363. The third-order valence-electron chi connectivity index (χ3n) is 1.99. The highest BCUT2D eigenvalue weighted by Crippen LogP contribution is 2.19. The molecule has 0 atom stereocenters. The van der Waals surface area contributed by atoms with Crippen LogP contribution in [0.15, 0.2) is 28.0 Å². The van der Waals surface area contributed by atoms with Crippen LogP contribution in [0, 0.1) is 0 Å². The molecular weight excluding hydrogens is 213 g/mol. The van der Waals surface area contributed by atoms with Crippen LogP contribution >= 0.6 is 0 Å². The largest absolute Gasteiger partial charge is 0.491 e. The summed E-state index contributed by atoms with van der Waals surface area (Å²) in [5.74, 6) is -1.07. The normalized spacial score (nSPS) is 16.6. The van der Waals surface area contributed by atoms with Gasteiger partial charge in [-0.25, -0.2) is 9.79 Å². The van der Waals surface area contributed by atoms with Gasteiger partial charge in [-0.1, -0.05) is 0 Å². The van der Waals surface area contributed by atoms with E-state index in [0.717, 1.165) is 5.57 Å². The van der Waals surface area contributed by atoms with Crippen LogP contribution in [0.4, 0.5) is 0 Å². The van der Waals surface area contributed by atoms with Gasteiger partial charge in [0.2, 0.25) is 5.88 Å². The molecule has 1 aliphatic rings. The summed E-state index contributed by atoms with van der Waals surface area (Å²) in [5.41, 5.74) is 1.36. The highest BCUT2D eigenvalue weighted by atomic mass is 16.5. The molecule has 86 valence electrons. The molecule has 0 bridgehead atoms. The molecule has 1 rings (SSSR count). The Balaban J connectivity index is 2.75. The highest BCUT2D eigenvalue weighted by molar-refractivity contribution is 6.54. The smallest absolute Gasteiger partial charge is 0.479 e. The fourth-order valence-corrected chi connectivity index (χ4v) is 1.18. The number of rotatable bonds is 5. The fraction of sp³-hybridized carbons (Fsp3) is 0.333. The Hall–Kier alpha value is -1.60. The van der Waals surface area contributed by atoms with Gasteiger partial charge >= 0.3 is 13.1 Å². The van der Waals surface area contributed by atoms with Gasteiger partial charge in [-0.05, 0) is 24.7 Å². The van der Waals surface area contributed by atoms with Crippen molar-refractivity contribution in [3.05, 3.63) is 23.0 Å². The zero-order valence-corrected chi connectivity index (χ0v) is 8.84. The average Bonchev–Trinajstić information content (AvgIpc) is 2.54. The first-order valence-corrected chi connectivity index (χ1v) is 4.57. The van der Waals surface area contributed by atoms with Gasteiger partial charge in [0.05, 0.1) is 6.61 Å². The predicted molar refractivity (Wildman–Crippen MR) is 57.8 cm³/mol. The average molecular weight is 225 g/mol. The van der Waals surface area contributed by atoms with Crippen molar-refractivity contribution in [2.75, 3.05) is 13.2 Å². The third kappa shape index (κ3) is 3.21. The van der Waals surface area contributed by atoms with Crippen LogP contribution in [0.25, 0.3) is 0 Å². The van der Waals surface area contributed by atoms with Crippen molar-refractivity contribution in [1.29, 1.82) is 0 Å². The topological polar surface area (TPSA) is 88.4 Å². The molecule has 0 saturated heterocycles. The summed E-state index contributed by atoms with van der Waals surface area (Å²) in [4.78, 5) is 13.8. The van der Waals surface area contributed by atoms with E-state index in [-0.39, 0.29) is 5.88 Å². The number of carboxylic acid groups (broad SMARTS) is 1. The molecular formula is C9H12BNO5. The number of allylic oxidation sites excluding steroid dienone is 2. The van der Waals surface area contributed by atoms with E-state index >= 15 is 0 Å². The SMILES string of the molecule is C=N/C(=C\C1=C(C)COB1O)OCC(=O)O. The Labute approximate surface area is 93.0 Å². The lowest BCUT2D eigenvalue weighted by molar-refractivity contribution is -0.140. The number of carbonyl (C=O) groups is 1. The molecule has 0 aromatic carbocycles. The predicted octanol–water partition coefficient (Wildman–Crippen LogP) is -0.00400. The molecule has 1 aliphatic heterocycles. The number of hydrogen-bond donors (Lipinski definition) is 2. The summed E-state index contributed by atoms with van der Waals surface area (Å²) in [6, 6.07) is 0. The van der Waals surface area contributed by atoms with Crippen molar-refractivity contribution in [3.63, 3.8) is 0 Å². The van der Waals surface area contributed by atoms with Crippen molar-refractivity contribution in [3.8, 4) is 0 Å². The van der Waals surface area contributed by atoms with Crippen molar-refractivity contribution < 1.29 is 24.3 Å². The second kappa shape index (κ2) is 5.48. The monoisotopic (exact) mass is 225 g/mol. The summed E-state index contributed by atoms with van der Waals surface area (Å²) < 4.78 is 9.79. The van der Waals surface area contributed by atoms with E-state index in [0.29, 0.717) is 12.1 Å². The Morgan fingerprint density at radius 3 is 2.94 bits per heavy atom. The molecule has 1 heterocycles. The van der Waals surface area contributed by atoms with E-state index in [1.165, 1.54) is 6.08 Å². The van der Waals surface area contributed by atoms with E-state index in [1.54, 1.807) is 6.92 Å². The molecule has 0 radical (unpaired) electrons. The van der Waals surface area contributed by atoms with E-state index in [2.05, 4.69) is 11.7 Å². The molecule has 0 spiro atoms. The number of ether oxygens (including phenoxy) is 1. The Morgan fingerprint density at radius 1 is 1.81 bits per heavy atom. The lowest BCUT2D eigenvalue weighted by Gasteiger charge is -2.04. The molecule has 0 unspecified atom stereocenters. The van der Waals surface area contributed by atoms with Crippen LogP contribution in [0.2, 0.25) is 0 Å². The summed E-state index contributed by atoms with van der Waals surface area (Å²) in [7, 11) is -1.02. The first-order valence-electron chi connectivity index (χ1n) is 4.57. The number of hydrogen-bond acceptors (Lipinski definition) is 5. The van der Waals surface area contributed by atoms with Gasteiger partial charge in [0, 0.05) is 6.08 Å². The van der Waals surface area contributed by atoms with Crippen LogP contribution in [0.5, 0.6) is 0 Å². The maximum Gasteiger partial charge on any atom is 0.491 e. The van der Waals surface area contributed by atoms with Gasteiger partial charge in [-0.2, -0.15) is 0 Å². The van der Waals surface area contributed by atoms with Gasteiger partial charge in [0.25, 0.3) is 0 Å². The minimum absolute atomic E-state index is 0.0429. The number of aliphatic carboxylic acids is 1. The Morgan fingerprint density at radius 2 is 2.50 bits per heavy atom. The molecule has 0 saturated carbocycles. The van der Waals surface area contributed by atoms with Crippen molar-refractivity contribution >= 4 is 19.8 Å².